The van der Waals surface area contributed by atoms with Gasteiger partial charge in [0, 0.05) is 60.7 Å². The van der Waals surface area contributed by atoms with Gasteiger partial charge in [0.25, 0.3) is 0 Å². The quantitative estimate of drug-likeness (QED) is 0.0673. The van der Waals surface area contributed by atoms with Crippen LogP contribution in [0.1, 0.15) is 125 Å². The Kier molecular flexibility index (Phi) is 22.8. The molecule has 0 radical (unpaired) electrons. The Balaban J connectivity index is 1.33. The monoisotopic (exact) mass is 1010 g/mol. The molecule has 1 aromatic rings. The fourth-order valence-electron chi connectivity index (χ4n) is 10.3. The number of rotatable bonds is 30. The van der Waals surface area contributed by atoms with Gasteiger partial charge in [-0.15, -0.1) is 11.8 Å². The molecular formula is C53H84N6O11S. The van der Waals surface area contributed by atoms with Crippen molar-refractivity contribution in [3.63, 3.8) is 0 Å². The summed E-state index contributed by atoms with van der Waals surface area (Å²) in [7, 11) is 6.23. The number of carbonyl (C=O) groups is 8. The van der Waals surface area contributed by atoms with Crippen LogP contribution < -0.4 is 10.6 Å². The number of thioether (sulfide) groups is 1. The first kappa shape index (κ1) is 59.0. The summed E-state index contributed by atoms with van der Waals surface area (Å²) in [5, 5.41) is 15.2. The van der Waals surface area contributed by atoms with Crippen LogP contribution in [0.3, 0.4) is 0 Å². The molecule has 1 spiro atoms. The number of carboxylic acids is 1. The van der Waals surface area contributed by atoms with Crippen LogP contribution >= 0.6 is 11.8 Å². The number of likely N-dealkylation sites (N-methyl/N-ethyl adjacent to an activating group) is 2. The third-order valence-corrected chi connectivity index (χ3v) is 16.3. The summed E-state index contributed by atoms with van der Waals surface area (Å²) in [6, 6.07) is 6.05. The van der Waals surface area contributed by atoms with E-state index in [-0.39, 0.29) is 78.4 Å². The second-order valence-electron chi connectivity index (χ2n) is 21.1. The van der Waals surface area contributed by atoms with E-state index >= 15 is 0 Å². The van der Waals surface area contributed by atoms with Gasteiger partial charge in [0.15, 0.2) is 0 Å². The number of carbonyl (C=O) groups excluding carboxylic acids is 7. The minimum atomic E-state index is -1.16. The third kappa shape index (κ3) is 16.2. The van der Waals surface area contributed by atoms with E-state index in [0.717, 1.165) is 30.6 Å². The van der Waals surface area contributed by atoms with E-state index in [1.165, 1.54) is 28.9 Å². The summed E-state index contributed by atoms with van der Waals surface area (Å²) < 4.78 is 12.0. The van der Waals surface area contributed by atoms with Crippen LogP contribution in [0.15, 0.2) is 30.3 Å². The fraction of sp³-hybridized carbons (Fsp3) is 0.736. The predicted molar refractivity (Wildman–Crippen MR) is 273 cm³/mol. The molecule has 2 saturated heterocycles. The zero-order valence-corrected chi connectivity index (χ0v) is 45.1. The van der Waals surface area contributed by atoms with Gasteiger partial charge in [-0.3, -0.25) is 38.5 Å². The largest absolute Gasteiger partial charge is 0.480 e. The maximum Gasteiger partial charge on any atom is 0.326 e. The SMILES string of the molecule is CC[C@H](C)[C@@H]([C@@H](CC(=O)N1CC2(CC2)C[C@H]1[C@H](OC)[C@@H](C)C(=O)N[C@@H](Cc1ccccc1)C(=O)O)OC)N(C)C(=O)CNC(=O)[C@H](C(C)C)N(C)C(=O)CCCCCN1C(=O)CC(SCCC(C)C)C1=O. The van der Waals surface area contributed by atoms with Gasteiger partial charge < -0.3 is 39.9 Å². The molecule has 7 amide bonds. The second-order valence-corrected chi connectivity index (χ2v) is 22.4. The van der Waals surface area contributed by atoms with Crippen molar-refractivity contribution in [2.45, 2.75) is 167 Å². The lowest BCUT2D eigenvalue weighted by Crippen LogP contribution is -2.56. The number of amides is 7. The first-order valence-corrected chi connectivity index (χ1v) is 26.8. The number of nitrogens with one attached hydrogen (secondary N) is 2. The molecule has 18 heteroatoms. The van der Waals surface area contributed by atoms with Gasteiger partial charge in [-0.2, -0.15) is 0 Å². The number of nitrogens with zero attached hydrogens (tertiary/aromatic N) is 4. The van der Waals surface area contributed by atoms with Crippen molar-refractivity contribution in [1.82, 2.24) is 30.2 Å². The molecule has 2 aliphatic heterocycles. The average Bonchev–Trinajstić information content (AvgIpc) is 3.91. The van der Waals surface area contributed by atoms with E-state index in [0.29, 0.717) is 51.1 Å². The van der Waals surface area contributed by atoms with Crippen LogP contribution in [0.25, 0.3) is 0 Å². The molecule has 9 atom stereocenters. The Morgan fingerprint density at radius 1 is 0.901 bits per heavy atom. The van der Waals surface area contributed by atoms with Crippen LogP contribution in [0, 0.1) is 29.1 Å². The normalized spacial score (nSPS) is 20.4. The third-order valence-electron chi connectivity index (χ3n) is 15.0. The Labute approximate surface area is 426 Å². The fourth-order valence-corrected chi connectivity index (χ4v) is 11.7. The first-order valence-electron chi connectivity index (χ1n) is 25.8. The Morgan fingerprint density at radius 3 is 2.15 bits per heavy atom. The molecule has 3 N–H and O–H groups in total. The van der Waals surface area contributed by atoms with Gasteiger partial charge in [-0.25, -0.2) is 4.79 Å². The van der Waals surface area contributed by atoms with Crippen molar-refractivity contribution in [2.75, 3.05) is 53.7 Å². The zero-order chi connectivity index (χ0) is 52.7. The van der Waals surface area contributed by atoms with Crippen molar-refractivity contribution in [3.05, 3.63) is 35.9 Å². The number of hydrogen-bond acceptors (Lipinski definition) is 11. The number of methoxy groups -OCH3 is 2. The van der Waals surface area contributed by atoms with Crippen molar-refractivity contribution in [2.24, 2.45) is 29.1 Å². The number of hydrogen-bond donors (Lipinski definition) is 3. The first-order chi connectivity index (χ1) is 33.6. The number of benzene rings is 1. The van der Waals surface area contributed by atoms with Crippen LogP contribution in [-0.2, 0) is 54.3 Å². The van der Waals surface area contributed by atoms with E-state index in [1.807, 2.05) is 45.9 Å². The topological polar surface area (TPSA) is 212 Å². The van der Waals surface area contributed by atoms with Gasteiger partial charge in [0.05, 0.1) is 48.4 Å². The lowest BCUT2D eigenvalue weighted by atomic mass is 9.90. The maximum atomic E-state index is 14.5. The highest BCUT2D eigenvalue weighted by atomic mass is 32.2. The van der Waals surface area contributed by atoms with E-state index < -0.39 is 66.0 Å². The summed E-state index contributed by atoms with van der Waals surface area (Å²) in [6.07, 6.45) is 4.88. The minimum Gasteiger partial charge on any atom is -0.480 e. The van der Waals surface area contributed by atoms with Crippen molar-refractivity contribution in [1.29, 1.82) is 0 Å². The molecule has 0 aromatic heterocycles. The maximum absolute atomic E-state index is 14.5. The molecule has 71 heavy (non-hydrogen) atoms. The van der Waals surface area contributed by atoms with Gasteiger partial charge in [-0.05, 0) is 73.0 Å². The number of unbranched alkanes of at least 4 members (excludes halogenated alkanes) is 2. The molecule has 0 bridgehead atoms. The van der Waals surface area contributed by atoms with E-state index in [9.17, 15) is 43.5 Å². The number of likely N-dealkylation sites (tertiary alicyclic amines) is 2. The van der Waals surface area contributed by atoms with Crippen LogP contribution in [0.2, 0.25) is 0 Å². The zero-order valence-electron chi connectivity index (χ0n) is 44.3. The van der Waals surface area contributed by atoms with Crippen molar-refractivity contribution >= 4 is 59.1 Å². The van der Waals surface area contributed by atoms with Crippen LogP contribution in [-0.4, -0.2) is 167 Å². The standard InChI is InChI=1S/C53H84N6O11S/c1-12-35(6)47(40(69-10)28-43(61)59-32-53(23-24-53)30-39(59)48(70-11)36(7)49(64)55-38(52(67)68)27-37-19-15-13-16-20-37)57(9)45(63)31-54-50(65)46(34(4)5)56(8)42(60)21-17-14-18-25-58-44(62)29-41(51(58)66)71-26-22-33(2)3/h13,15-16,19-20,33-36,38-41,46-48H,12,14,17-18,21-32H2,1-11H3,(H,54,65)(H,55,64)(H,67,68)/t35-,36+,38-,39-,40+,41?,46-,47-,48+/m0/s1. The molecule has 1 saturated carbocycles. The van der Waals surface area contributed by atoms with Crippen LogP contribution in [0.4, 0.5) is 0 Å². The molecule has 398 valence electrons. The van der Waals surface area contributed by atoms with Crippen LogP contribution in [0.5, 0.6) is 0 Å². The molecule has 1 aromatic carbocycles. The number of aliphatic carboxylic acids is 1. The van der Waals surface area contributed by atoms with E-state index in [1.54, 1.807) is 49.8 Å². The number of ether oxygens (including phenoxy) is 2. The minimum absolute atomic E-state index is 0.0632. The summed E-state index contributed by atoms with van der Waals surface area (Å²) >= 11 is 1.55. The predicted octanol–water partition coefficient (Wildman–Crippen LogP) is 5.18. The Morgan fingerprint density at radius 2 is 1.58 bits per heavy atom. The van der Waals surface area contributed by atoms with Crippen molar-refractivity contribution in [3.8, 4) is 0 Å². The average molecular weight is 1010 g/mol. The van der Waals surface area contributed by atoms with Gasteiger partial charge in [-0.1, -0.05) is 91.6 Å². The number of carboxylic acid groups (broad SMARTS) is 1. The summed E-state index contributed by atoms with van der Waals surface area (Å²) in [5.74, 6) is -3.02. The molecule has 3 fully saturated rings. The Bertz CT molecular complexity index is 1980. The molecule has 17 nitrogen and oxygen atoms in total. The Hall–Kier alpha value is -4.55. The summed E-state index contributed by atoms with van der Waals surface area (Å²) in [6.45, 7) is 14.1. The highest BCUT2D eigenvalue weighted by Crippen LogP contribution is 2.56. The van der Waals surface area contributed by atoms with E-state index in [2.05, 4.69) is 24.5 Å². The number of imide groups is 1. The van der Waals surface area contributed by atoms with Gasteiger partial charge in [0.2, 0.25) is 41.4 Å². The molecule has 1 aliphatic carbocycles. The highest BCUT2D eigenvalue weighted by molar-refractivity contribution is 8.00. The molecular weight excluding hydrogens is 929 g/mol. The summed E-state index contributed by atoms with van der Waals surface area (Å²) in [5.41, 5.74) is 0.681. The van der Waals surface area contributed by atoms with Gasteiger partial charge >= 0.3 is 5.97 Å². The van der Waals surface area contributed by atoms with Crippen molar-refractivity contribution < 1.29 is 52.9 Å². The second kappa shape index (κ2) is 27.5. The highest BCUT2D eigenvalue weighted by Gasteiger charge is 2.56. The lowest BCUT2D eigenvalue weighted by Gasteiger charge is -2.39. The molecule has 1 unspecified atom stereocenters. The smallest absolute Gasteiger partial charge is 0.326 e. The summed E-state index contributed by atoms with van der Waals surface area (Å²) in [4.78, 5) is 113. The van der Waals surface area contributed by atoms with E-state index in [4.69, 9.17) is 9.47 Å². The molecule has 2 heterocycles. The molecule has 3 aliphatic rings. The lowest BCUT2D eigenvalue weighted by molar-refractivity contribution is -0.147. The van der Waals surface area contributed by atoms with Gasteiger partial charge in [0.1, 0.15) is 12.1 Å². The molecule has 4 rings (SSSR count).